The van der Waals surface area contributed by atoms with Gasteiger partial charge in [-0.3, -0.25) is 4.79 Å². The molecule has 0 radical (unpaired) electrons. The summed E-state index contributed by atoms with van der Waals surface area (Å²) in [6.07, 6.45) is 2.55. The molecule has 24 heavy (non-hydrogen) atoms. The molecule has 0 fully saturated rings. The van der Waals surface area contributed by atoms with Gasteiger partial charge in [0.15, 0.2) is 0 Å². The van der Waals surface area contributed by atoms with Crippen LogP contribution in [-0.4, -0.2) is 21.9 Å². The Bertz CT molecular complexity index is 689. The van der Waals surface area contributed by atoms with Crippen molar-refractivity contribution in [2.24, 2.45) is 0 Å². The molecule has 0 saturated heterocycles. The SMILES string of the molecule is CCC(C)Nc1nccc(C(=O)Nc2ccc(C(C)(C)C)cc2)n1. The Labute approximate surface area is 143 Å². The Hall–Kier alpha value is -2.43. The van der Waals surface area contributed by atoms with Crippen LogP contribution in [-0.2, 0) is 5.41 Å². The molecule has 5 heteroatoms. The molecule has 0 saturated carbocycles. The molecule has 5 nitrogen and oxygen atoms in total. The Kier molecular flexibility index (Phi) is 5.54. The second-order valence-electron chi connectivity index (χ2n) is 7.00. The molecule has 1 aromatic heterocycles. The van der Waals surface area contributed by atoms with Gasteiger partial charge in [-0.2, -0.15) is 0 Å². The Morgan fingerprint density at radius 3 is 2.42 bits per heavy atom. The summed E-state index contributed by atoms with van der Waals surface area (Å²) in [4.78, 5) is 20.8. The maximum atomic E-state index is 12.4. The summed E-state index contributed by atoms with van der Waals surface area (Å²) in [5, 5.41) is 6.05. The fourth-order valence-electron chi connectivity index (χ4n) is 2.13. The van der Waals surface area contributed by atoms with Crippen LogP contribution in [0, 0.1) is 0 Å². The average molecular weight is 326 g/mol. The summed E-state index contributed by atoms with van der Waals surface area (Å²) in [6, 6.07) is 9.77. The lowest BCUT2D eigenvalue weighted by molar-refractivity contribution is 0.102. The molecule has 2 aromatic rings. The third-order valence-corrected chi connectivity index (χ3v) is 3.88. The zero-order chi connectivity index (χ0) is 17.7. The highest BCUT2D eigenvalue weighted by Crippen LogP contribution is 2.23. The fourth-order valence-corrected chi connectivity index (χ4v) is 2.13. The van der Waals surface area contributed by atoms with Crippen LogP contribution in [0.25, 0.3) is 0 Å². The zero-order valence-corrected chi connectivity index (χ0v) is 15.1. The number of hydrogen-bond donors (Lipinski definition) is 2. The van der Waals surface area contributed by atoms with E-state index < -0.39 is 0 Å². The van der Waals surface area contributed by atoms with Crippen molar-refractivity contribution in [1.82, 2.24) is 9.97 Å². The molecular formula is C19H26N4O. The molecule has 2 N–H and O–H groups in total. The molecule has 1 amide bonds. The molecule has 0 spiro atoms. The minimum atomic E-state index is -0.242. The van der Waals surface area contributed by atoms with Crippen LogP contribution in [0.3, 0.4) is 0 Å². The van der Waals surface area contributed by atoms with Gasteiger partial charge in [0.2, 0.25) is 5.95 Å². The van der Waals surface area contributed by atoms with Gasteiger partial charge in [-0.25, -0.2) is 9.97 Å². The second-order valence-corrected chi connectivity index (χ2v) is 7.00. The smallest absolute Gasteiger partial charge is 0.274 e. The Balaban J connectivity index is 2.08. The van der Waals surface area contributed by atoms with Crippen molar-refractivity contribution in [2.75, 3.05) is 10.6 Å². The minimum Gasteiger partial charge on any atom is -0.352 e. The highest BCUT2D eigenvalue weighted by atomic mass is 16.1. The van der Waals surface area contributed by atoms with Gasteiger partial charge in [-0.1, -0.05) is 39.8 Å². The van der Waals surface area contributed by atoms with E-state index >= 15 is 0 Å². The molecule has 0 aliphatic rings. The van der Waals surface area contributed by atoms with E-state index in [1.807, 2.05) is 31.2 Å². The lowest BCUT2D eigenvalue weighted by Gasteiger charge is -2.19. The van der Waals surface area contributed by atoms with Crippen LogP contribution < -0.4 is 10.6 Å². The third kappa shape index (κ3) is 4.78. The van der Waals surface area contributed by atoms with Crippen molar-refractivity contribution in [1.29, 1.82) is 0 Å². The number of anilines is 2. The Morgan fingerprint density at radius 2 is 1.83 bits per heavy atom. The van der Waals surface area contributed by atoms with Crippen molar-refractivity contribution < 1.29 is 4.79 Å². The number of rotatable bonds is 5. The maximum absolute atomic E-state index is 12.4. The van der Waals surface area contributed by atoms with Crippen molar-refractivity contribution >= 4 is 17.5 Å². The standard InChI is InChI=1S/C19H26N4O/c1-6-13(2)21-18-20-12-11-16(23-18)17(24)22-15-9-7-14(8-10-15)19(3,4)5/h7-13H,6H2,1-5H3,(H,22,24)(H,20,21,23). The summed E-state index contributed by atoms with van der Waals surface area (Å²) in [6.45, 7) is 10.6. The highest BCUT2D eigenvalue weighted by Gasteiger charge is 2.14. The van der Waals surface area contributed by atoms with Crippen LogP contribution in [0.2, 0.25) is 0 Å². The summed E-state index contributed by atoms with van der Waals surface area (Å²) in [5.74, 6) is 0.230. The third-order valence-electron chi connectivity index (χ3n) is 3.88. The van der Waals surface area contributed by atoms with Gasteiger partial charge in [0.1, 0.15) is 5.69 Å². The van der Waals surface area contributed by atoms with E-state index in [2.05, 4.69) is 48.3 Å². The first kappa shape index (κ1) is 17.9. The number of nitrogens with one attached hydrogen (secondary N) is 2. The average Bonchev–Trinajstić information content (AvgIpc) is 2.54. The van der Waals surface area contributed by atoms with Crippen LogP contribution >= 0.6 is 0 Å². The lowest BCUT2D eigenvalue weighted by Crippen LogP contribution is -2.19. The van der Waals surface area contributed by atoms with E-state index in [1.54, 1.807) is 12.3 Å². The van der Waals surface area contributed by atoms with Crippen molar-refractivity contribution in [3.63, 3.8) is 0 Å². The predicted octanol–water partition coefficient (Wildman–Crippen LogP) is 4.24. The number of aromatic nitrogens is 2. The number of benzene rings is 1. The molecule has 0 aliphatic heterocycles. The molecule has 2 rings (SSSR count). The van der Waals surface area contributed by atoms with Gasteiger partial charge in [0, 0.05) is 17.9 Å². The van der Waals surface area contributed by atoms with E-state index in [0.717, 1.165) is 12.1 Å². The molecule has 1 heterocycles. The van der Waals surface area contributed by atoms with E-state index in [9.17, 15) is 4.79 Å². The van der Waals surface area contributed by atoms with Crippen LogP contribution in [0.5, 0.6) is 0 Å². The molecule has 1 atom stereocenters. The molecule has 0 aliphatic carbocycles. The van der Waals surface area contributed by atoms with Gasteiger partial charge >= 0.3 is 0 Å². The maximum Gasteiger partial charge on any atom is 0.274 e. The second kappa shape index (κ2) is 7.43. The summed E-state index contributed by atoms with van der Waals surface area (Å²) >= 11 is 0. The summed E-state index contributed by atoms with van der Waals surface area (Å²) in [7, 11) is 0. The lowest BCUT2D eigenvalue weighted by atomic mass is 9.87. The number of carbonyl (C=O) groups excluding carboxylic acids is 1. The summed E-state index contributed by atoms with van der Waals surface area (Å²) < 4.78 is 0. The van der Waals surface area contributed by atoms with Crippen LogP contribution in [0.1, 0.15) is 57.1 Å². The topological polar surface area (TPSA) is 66.9 Å². The van der Waals surface area contributed by atoms with Crippen molar-refractivity contribution in [3.8, 4) is 0 Å². The Morgan fingerprint density at radius 1 is 1.17 bits per heavy atom. The largest absolute Gasteiger partial charge is 0.352 e. The summed E-state index contributed by atoms with van der Waals surface area (Å²) in [5.41, 5.74) is 2.41. The van der Waals surface area contributed by atoms with Gasteiger partial charge in [0.25, 0.3) is 5.91 Å². The number of hydrogen-bond acceptors (Lipinski definition) is 4. The first-order valence-corrected chi connectivity index (χ1v) is 8.31. The molecule has 128 valence electrons. The molecule has 1 unspecified atom stereocenters. The number of nitrogens with zero attached hydrogens (tertiary/aromatic N) is 2. The van der Waals surface area contributed by atoms with Crippen molar-refractivity contribution in [2.45, 2.75) is 52.5 Å². The van der Waals surface area contributed by atoms with Gasteiger partial charge in [0.05, 0.1) is 0 Å². The first-order chi connectivity index (χ1) is 11.3. The van der Waals surface area contributed by atoms with Gasteiger partial charge in [-0.15, -0.1) is 0 Å². The van der Waals surface area contributed by atoms with E-state index in [1.165, 1.54) is 5.56 Å². The monoisotopic (exact) mass is 326 g/mol. The van der Waals surface area contributed by atoms with Crippen LogP contribution in [0.15, 0.2) is 36.5 Å². The fraction of sp³-hybridized carbons (Fsp3) is 0.421. The van der Waals surface area contributed by atoms with Crippen molar-refractivity contribution in [3.05, 3.63) is 47.8 Å². The predicted molar refractivity (Wildman–Crippen MR) is 98.5 cm³/mol. The first-order valence-electron chi connectivity index (χ1n) is 8.31. The van der Waals surface area contributed by atoms with Crippen LogP contribution in [0.4, 0.5) is 11.6 Å². The zero-order valence-electron chi connectivity index (χ0n) is 15.1. The normalized spacial score (nSPS) is 12.5. The van der Waals surface area contributed by atoms with E-state index in [4.69, 9.17) is 0 Å². The number of carbonyl (C=O) groups is 1. The van der Waals surface area contributed by atoms with Gasteiger partial charge < -0.3 is 10.6 Å². The molecular weight excluding hydrogens is 300 g/mol. The van der Waals surface area contributed by atoms with E-state index in [0.29, 0.717) is 11.6 Å². The number of amides is 1. The minimum absolute atomic E-state index is 0.0890. The molecule has 0 bridgehead atoms. The van der Waals surface area contributed by atoms with Gasteiger partial charge in [-0.05, 0) is 42.5 Å². The molecule has 1 aromatic carbocycles. The van der Waals surface area contributed by atoms with E-state index in [-0.39, 0.29) is 17.4 Å². The highest BCUT2D eigenvalue weighted by molar-refractivity contribution is 6.02. The quantitative estimate of drug-likeness (QED) is 0.862.